The van der Waals surface area contributed by atoms with Crippen LogP contribution in [0.4, 0.5) is 5.69 Å². The van der Waals surface area contributed by atoms with Crippen LogP contribution in [-0.4, -0.2) is 33.3 Å². The van der Waals surface area contributed by atoms with E-state index >= 15 is 0 Å². The van der Waals surface area contributed by atoms with Gasteiger partial charge in [0.2, 0.25) is 0 Å². The van der Waals surface area contributed by atoms with Crippen molar-refractivity contribution >= 4 is 5.69 Å². The van der Waals surface area contributed by atoms with E-state index in [2.05, 4.69) is 36.2 Å². The van der Waals surface area contributed by atoms with E-state index < -0.39 is 0 Å². The summed E-state index contributed by atoms with van der Waals surface area (Å²) < 4.78 is 5.86. The van der Waals surface area contributed by atoms with Crippen molar-refractivity contribution in [1.82, 2.24) is 5.32 Å². The summed E-state index contributed by atoms with van der Waals surface area (Å²) in [5.74, 6) is 0.932. The van der Waals surface area contributed by atoms with Crippen molar-refractivity contribution in [3.63, 3.8) is 0 Å². The topological polar surface area (TPSA) is 24.5 Å². The van der Waals surface area contributed by atoms with Crippen LogP contribution in [0.3, 0.4) is 0 Å². The molecule has 0 saturated carbocycles. The molecule has 17 heavy (non-hydrogen) atoms. The number of anilines is 1. The van der Waals surface area contributed by atoms with Crippen LogP contribution in [0.5, 0.6) is 5.75 Å². The number of benzene rings is 1. The first-order valence-electron chi connectivity index (χ1n) is 6.28. The molecule has 0 aliphatic rings. The molecule has 1 atom stereocenters. The number of hydrogen-bond acceptors (Lipinski definition) is 3. The summed E-state index contributed by atoms with van der Waals surface area (Å²) in [5, 5.41) is 3.36. The molecule has 0 amide bonds. The zero-order chi connectivity index (χ0) is 12.7. The maximum atomic E-state index is 5.86. The van der Waals surface area contributed by atoms with Gasteiger partial charge in [0.15, 0.2) is 0 Å². The zero-order valence-electron chi connectivity index (χ0n) is 11.4. The van der Waals surface area contributed by atoms with Crippen molar-refractivity contribution in [2.24, 2.45) is 0 Å². The molecule has 0 aromatic heterocycles. The molecular weight excluding hydrogens is 212 g/mol. The molecule has 1 aromatic carbocycles. The standard InChI is InChI=1S/C14H24N2O/c1-5-9-15-11-12(2)17-14-8-6-7-13(10-14)16(3)4/h6-8,10,12,15H,5,9,11H2,1-4H3. The van der Waals surface area contributed by atoms with Crippen LogP contribution < -0.4 is 15.0 Å². The van der Waals surface area contributed by atoms with Gasteiger partial charge in [0.25, 0.3) is 0 Å². The Labute approximate surface area is 105 Å². The summed E-state index contributed by atoms with van der Waals surface area (Å²) >= 11 is 0. The number of ether oxygens (including phenoxy) is 1. The molecule has 1 rings (SSSR count). The summed E-state index contributed by atoms with van der Waals surface area (Å²) in [6, 6.07) is 8.17. The first kappa shape index (κ1) is 13.8. The maximum Gasteiger partial charge on any atom is 0.121 e. The van der Waals surface area contributed by atoms with E-state index in [1.807, 2.05) is 26.2 Å². The van der Waals surface area contributed by atoms with Gasteiger partial charge in [0.05, 0.1) is 0 Å². The summed E-state index contributed by atoms with van der Waals surface area (Å²) in [6.45, 7) is 6.19. The first-order chi connectivity index (χ1) is 8.13. The molecule has 0 bridgehead atoms. The lowest BCUT2D eigenvalue weighted by molar-refractivity contribution is 0.217. The van der Waals surface area contributed by atoms with Gasteiger partial charge in [-0.2, -0.15) is 0 Å². The molecule has 0 aliphatic heterocycles. The van der Waals surface area contributed by atoms with Gasteiger partial charge in [0.1, 0.15) is 11.9 Å². The van der Waals surface area contributed by atoms with Gasteiger partial charge in [-0.3, -0.25) is 0 Å². The van der Waals surface area contributed by atoms with Gasteiger partial charge in [-0.05, 0) is 32.0 Å². The Hall–Kier alpha value is -1.22. The van der Waals surface area contributed by atoms with Crippen LogP contribution in [0, 0.1) is 0 Å². The average molecular weight is 236 g/mol. The highest BCUT2D eigenvalue weighted by atomic mass is 16.5. The molecule has 0 spiro atoms. The Kier molecular flexibility index (Phi) is 5.84. The third kappa shape index (κ3) is 5.09. The molecular formula is C14H24N2O. The lowest BCUT2D eigenvalue weighted by Crippen LogP contribution is -2.29. The number of nitrogens with one attached hydrogen (secondary N) is 1. The van der Waals surface area contributed by atoms with Gasteiger partial charge >= 0.3 is 0 Å². The van der Waals surface area contributed by atoms with E-state index in [0.717, 1.165) is 30.9 Å². The molecule has 96 valence electrons. The van der Waals surface area contributed by atoms with Crippen LogP contribution >= 0.6 is 0 Å². The number of hydrogen-bond donors (Lipinski definition) is 1. The summed E-state index contributed by atoms with van der Waals surface area (Å²) in [6.07, 6.45) is 1.35. The summed E-state index contributed by atoms with van der Waals surface area (Å²) in [5.41, 5.74) is 1.16. The Balaban J connectivity index is 2.47. The third-order valence-electron chi connectivity index (χ3n) is 2.53. The van der Waals surface area contributed by atoms with Crippen molar-refractivity contribution in [2.45, 2.75) is 26.4 Å². The van der Waals surface area contributed by atoms with Gasteiger partial charge < -0.3 is 15.0 Å². The Bertz CT molecular complexity index is 326. The lowest BCUT2D eigenvalue weighted by Gasteiger charge is -2.18. The van der Waals surface area contributed by atoms with Crippen LogP contribution in [0.15, 0.2) is 24.3 Å². The normalized spacial score (nSPS) is 12.2. The minimum Gasteiger partial charge on any atom is -0.489 e. The summed E-state index contributed by atoms with van der Waals surface area (Å²) in [4.78, 5) is 2.08. The first-order valence-corrected chi connectivity index (χ1v) is 6.28. The highest BCUT2D eigenvalue weighted by Gasteiger charge is 2.04. The Morgan fingerprint density at radius 1 is 1.35 bits per heavy atom. The van der Waals surface area contributed by atoms with Crippen molar-refractivity contribution in [3.8, 4) is 5.75 Å². The second kappa shape index (κ2) is 7.17. The maximum absolute atomic E-state index is 5.86. The quantitative estimate of drug-likeness (QED) is 0.736. The Morgan fingerprint density at radius 3 is 2.76 bits per heavy atom. The molecule has 0 saturated heterocycles. The van der Waals surface area contributed by atoms with Crippen molar-refractivity contribution in [1.29, 1.82) is 0 Å². The third-order valence-corrected chi connectivity index (χ3v) is 2.53. The van der Waals surface area contributed by atoms with E-state index in [1.54, 1.807) is 0 Å². The van der Waals surface area contributed by atoms with E-state index in [0.29, 0.717) is 0 Å². The second-order valence-electron chi connectivity index (χ2n) is 4.52. The number of nitrogens with zero attached hydrogens (tertiary/aromatic N) is 1. The molecule has 0 heterocycles. The molecule has 1 unspecified atom stereocenters. The van der Waals surface area contributed by atoms with E-state index in [4.69, 9.17) is 4.74 Å². The predicted octanol–water partition coefficient (Wildman–Crippen LogP) is 2.52. The van der Waals surface area contributed by atoms with E-state index in [-0.39, 0.29) is 6.10 Å². The fourth-order valence-electron chi connectivity index (χ4n) is 1.59. The van der Waals surface area contributed by atoms with Crippen LogP contribution in [0.2, 0.25) is 0 Å². The molecule has 3 heteroatoms. The van der Waals surface area contributed by atoms with Crippen molar-refractivity contribution < 1.29 is 4.74 Å². The molecule has 1 N–H and O–H groups in total. The SMILES string of the molecule is CCCNCC(C)Oc1cccc(N(C)C)c1. The smallest absolute Gasteiger partial charge is 0.121 e. The molecule has 1 aromatic rings. The van der Waals surface area contributed by atoms with Gasteiger partial charge in [-0.1, -0.05) is 13.0 Å². The summed E-state index contributed by atoms with van der Waals surface area (Å²) in [7, 11) is 4.07. The molecule has 0 aliphatic carbocycles. The number of rotatable bonds is 7. The monoisotopic (exact) mass is 236 g/mol. The molecule has 3 nitrogen and oxygen atoms in total. The minimum atomic E-state index is 0.193. The van der Waals surface area contributed by atoms with Gasteiger partial charge in [-0.25, -0.2) is 0 Å². The predicted molar refractivity (Wildman–Crippen MR) is 74.0 cm³/mol. The average Bonchev–Trinajstić information content (AvgIpc) is 2.29. The van der Waals surface area contributed by atoms with Crippen LogP contribution in [0.25, 0.3) is 0 Å². The molecule has 0 radical (unpaired) electrons. The van der Waals surface area contributed by atoms with E-state index in [9.17, 15) is 0 Å². The highest BCUT2D eigenvalue weighted by Crippen LogP contribution is 2.20. The van der Waals surface area contributed by atoms with Crippen molar-refractivity contribution in [2.75, 3.05) is 32.1 Å². The fraction of sp³-hybridized carbons (Fsp3) is 0.571. The minimum absolute atomic E-state index is 0.193. The highest BCUT2D eigenvalue weighted by molar-refractivity contribution is 5.49. The van der Waals surface area contributed by atoms with Gasteiger partial charge in [0, 0.05) is 32.4 Å². The largest absolute Gasteiger partial charge is 0.489 e. The van der Waals surface area contributed by atoms with Gasteiger partial charge in [-0.15, -0.1) is 0 Å². The zero-order valence-corrected chi connectivity index (χ0v) is 11.4. The van der Waals surface area contributed by atoms with Crippen LogP contribution in [-0.2, 0) is 0 Å². The lowest BCUT2D eigenvalue weighted by atomic mass is 10.3. The van der Waals surface area contributed by atoms with Crippen molar-refractivity contribution in [3.05, 3.63) is 24.3 Å². The fourth-order valence-corrected chi connectivity index (χ4v) is 1.59. The Morgan fingerprint density at radius 2 is 2.12 bits per heavy atom. The molecule has 0 fully saturated rings. The van der Waals surface area contributed by atoms with Crippen LogP contribution in [0.1, 0.15) is 20.3 Å². The van der Waals surface area contributed by atoms with E-state index in [1.165, 1.54) is 0 Å². The second-order valence-corrected chi connectivity index (χ2v) is 4.52.